The van der Waals surface area contributed by atoms with Gasteiger partial charge in [0.2, 0.25) is 15.2 Å². The second-order valence-corrected chi connectivity index (χ2v) is 14.1. The van der Waals surface area contributed by atoms with Crippen LogP contribution >= 0.6 is 23.5 Å². The van der Waals surface area contributed by atoms with Crippen molar-refractivity contribution in [3.63, 3.8) is 0 Å². The number of fused-ring (bicyclic) bond motifs is 1. The van der Waals surface area contributed by atoms with E-state index in [9.17, 15) is 42.6 Å². The normalized spacial score (nSPS) is 18.2. The standard InChI is InChI=1S/C27H26N8O9S3/c1-33-27(29-31-32-33)46-12-14-11-45-24-20(23(38)35(24)19(14)26(41)42)34(21(36)16-8-3-4-9-17(16)25(39)40)22(37)18(28)13-6-5-7-15(10-13)30-47(2,43)44/h3-10,18,20,24,30H,11-12,28H2,1-2H3,(H,39,40)(H,41,42)/t18-,20?,24-/m1/s1. The van der Waals surface area contributed by atoms with Crippen LogP contribution in [0.3, 0.4) is 0 Å². The third-order valence-corrected chi connectivity index (χ3v) is 10.1. The number of carboxylic acids is 2. The number of anilines is 1. The van der Waals surface area contributed by atoms with Crippen LogP contribution < -0.4 is 10.5 Å². The molecule has 0 bridgehead atoms. The lowest BCUT2D eigenvalue weighted by Gasteiger charge is -2.52. The number of carbonyl (C=O) groups is 5. The van der Waals surface area contributed by atoms with Gasteiger partial charge in [-0.3, -0.25) is 28.9 Å². The van der Waals surface area contributed by atoms with Gasteiger partial charge in [-0.1, -0.05) is 36.0 Å². The Bertz CT molecular complexity index is 1950. The maximum atomic E-state index is 14.1. The topological polar surface area (TPSA) is 248 Å². The molecule has 246 valence electrons. The Labute approximate surface area is 275 Å². The predicted molar refractivity (Wildman–Crippen MR) is 167 cm³/mol. The smallest absolute Gasteiger partial charge is 0.352 e. The van der Waals surface area contributed by atoms with Gasteiger partial charge in [-0.05, 0) is 45.8 Å². The second-order valence-electron chi connectivity index (χ2n) is 10.3. The highest BCUT2D eigenvalue weighted by Gasteiger charge is 2.59. The van der Waals surface area contributed by atoms with Crippen LogP contribution in [-0.4, -0.2) is 107 Å². The van der Waals surface area contributed by atoms with E-state index < -0.39 is 68.3 Å². The van der Waals surface area contributed by atoms with E-state index in [1.807, 2.05) is 0 Å². The number of aliphatic carboxylic acids is 1. The zero-order valence-corrected chi connectivity index (χ0v) is 27.0. The van der Waals surface area contributed by atoms with Crippen molar-refractivity contribution in [1.82, 2.24) is 30.0 Å². The Morgan fingerprint density at radius 1 is 1.13 bits per heavy atom. The number of nitrogens with one attached hydrogen (secondary N) is 1. The van der Waals surface area contributed by atoms with Crippen LogP contribution in [0.2, 0.25) is 0 Å². The number of β-lactam (4-membered cyclic amide) rings is 1. The van der Waals surface area contributed by atoms with Crippen molar-refractivity contribution in [1.29, 1.82) is 0 Å². The maximum Gasteiger partial charge on any atom is 0.352 e. The van der Waals surface area contributed by atoms with Crippen LogP contribution in [0.1, 0.15) is 32.3 Å². The lowest BCUT2D eigenvalue weighted by Crippen LogP contribution is -2.72. The summed E-state index contributed by atoms with van der Waals surface area (Å²) in [5.74, 6) is -5.75. The number of aromatic carboxylic acids is 1. The number of aromatic nitrogens is 4. The third-order valence-electron chi connectivity index (χ3n) is 7.12. The van der Waals surface area contributed by atoms with E-state index in [0.717, 1.165) is 40.7 Å². The first-order chi connectivity index (χ1) is 22.2. The van der Waals surface area contributed by atoms with E-state index in [2.05, 4.69) is 20.2 Å². The van der Waals surface area contributed by atoms with Crippen molar-refractivity contribution < 1.29 is 42.6 Å². The number of nitrogens with two attached hydrogens (primary N) is 1. The van der Waals surface area contributed by atoms with Gasteiger partial charge in [-0.2, -0.15) is 0 Å². The molecule has 0 saturated carbocycles. The number of carboxylic acid groups (broad SMARTS) is 2. The molecule has 17 nitrogen and oxygen atoms in total. The molecule has 0 spiro atoms. The third kappa shape index (κ3) is 6.70. The Hall–Kier alpha value is -4.79. The second kappa shape index (κ2) is 13.1. The summed E-state index contributed by atoms with van der Waals surface area (Å²) in [5, 5.41) is 30.4. The Kier molecular flexibility index (Phi) is 9.39. The minimum Gasteiger partial charge on any atom is -0.478 e. The number of imide groups is 1. The maximum absolute atomic E-state index is 14.1. The molecule has 2 aliphatic rings. The van der Waals surface area contributed by atoms with Crippen molar-refractivity contribution in [2.75, 3.05) is 22.5 Å². The highest BCUT2D eigenvalue weighted by atomic mass is 32.2. The molecular formula is C27H26N8O9S3. The molecule has 47 heavy (non-hydrogen) atoms. The zero-order valence-electron chi connectivity index (χ0n) is 24.5. The van der Waals surface area contributed by atoms with Gasteiger partial charge < -0.3 is 15.9 Å². The summed E-state index contributed by atoms with van der Waals surface area (Å²) in [6, 6.07) is 7.48. The molecule has 1 unspecified atom stereocenters. The molecule has 0 aliphatic carbocycles. The number of benzene rings is 2. The molecule has 1 aromatic heterocycles. The molecule has 0 radical (unpaired) electrons. The highest BCUT2D eigenvalue weighted by molar-refractivity contribution is 8.01. The first-order valence-electron chi connectivity index (χ1n) is 13.5. The average molecular weight is 703 g/mol. The van der Waals surface area contributed by atoms with Crippen molar-refractivity contribution in [3.8, 4) is 0 Å². The molecule has 3 heterocycles. The summed E-state index contributed by atoms with van der Waals surface area (Å²) < 4.78 is 27.2. The molecule has 5 rings (SSSR count). The number of nitrogens with zero attached hydrogens (tertiary/aromatic N) is 6. The van der Waals surface area contributed by atoms with Crippen LogP contribution in [0.4, 0.5) is 5.69 Å². The minimum atomic E-state index is -3.70. The molecule has 5 N–H and O–H groups in total. The summed E-state index contributed by atoms with van der Waals surface area (Å²) in [6.45, 7) is 0. The predicted octanol–water partition coefficient (Wildman–Crippen LogP) is 0.363. The van der Waals surface area contributed by atoms with Gasteiger partial charge >= 0.3 is 11.9 Å². The average Bonchev–Trinajstić information content (AvgIpc) is 3.44. The van der Waals surface area contributed by atoms with Crippen LogP contribution in [0.15, 0.2) is 65.0 Å². The van der Waals surface area contributed by atoms with E-state index in [-0.39, 0.29) is 28.5 Å². The van der Waals surface area contributed by atoms with Gasteiger partial charge in [0.25, 0.3) is 17.7 Å². The fraction of sp³-hybridized carbons (Fsp3) is 0.259. The molecule has 1 fully saturated rings. The SMILES string of the molecule is Cn1nnnc1SCC1=C(C(=O)O)N2C(=O)C(N(C(=O)c3ccccc3C(=O)O)C(=O)[C@H](N)c3cccc(NS(C)(=O)=O)c3)[C@H]2SC1. The van der Waals surface area contributed by atoms with Gasteiger partial charge in [0, 0.05) is 24.2 Å². The Morgan fingerprint density at radius 3 is 2.45 bits per heavy atom. The van der Waals surface area contributed by atoms with Crippen LogP contribution in [0, 0.1) is 0 Å². The molecule has 3 aromatic rings. The van der Waals surface area contributed by atoms with Crippen LogP contribution in [0.5, 0.6) is 0 Å². The summed E-state index contributed by atoms with van der Waals surface area (Å²) in [7, 11) is -2.09. The number of carbonyl (C=O) groups excluding carboxylic acids is 3. The first kappa shape index (κ1) is 33.6. The number of amides is 3. The quantitative estimate of drug-likeness (QED) is 0.156. The van der Waals surface area contributed by atoms with Crippen molar-refractivity contribution in [2.24, 2.45) is 12.8 Å². The summed E-state index contributed by atoms with van der Waals surface area (Å²) in [5.41, 5.74) is 5.71. The van der Waals surface area contributed by atoms with Gasteiger partial charge in [-0.15, -0.1) is 16.9 Å². The summed E-state index contributed by atoms with van der Waals surface area (Å²) in [4.78, 5) is 68.0. The summed E-state index contributed by atoms with van der Waals surface area (Å²) >= 11 is 2.27. The van der Waals surface area contributed by atoms with Gasteiger partial charge in [0.1, 0.15) is 23.2 Å². The van der Waals surface area contributed by atoms with Crippen molar-refractivity contribution in [3.05, 3.63) is 76.5 Å². The fourth-order valence-electron chi connectivity index (χ4n) is 5.03. The Morgan fingerprint density at radius 2 is 1.83 bits per heavy atom. The van der Waals surface area contributed by atoms with E-state index in [0.29, 0.717) is 15.6 Å². The monoisotopic (exact) mass is 702 g/mol. The van der Waals surface area contributed by atoms with Gasteiger partial charge in [0.15, 0.2) is 0 Å². The lowest BCUT2D eigenvalue weighted by atomic mass is 9.96. The fourth-order valence-corrected chi connectivity index (χ4v) is 7.96. The molecule has 2 aliphatic heterocycles. The van der Waals surface area contributed by atoms with Crippen molar-refractivity contribution >= 4 is 68.9 Å². The van der Waals surface area contributed by atoms with E-state index >= 15 is 0 Å². The number of rotatable bonds is 11. The Balaban J connectivity index is 1.52. The van der Waals surface area contributed by atoms with E-state index in [4.69, 9.17) is 5.73 Å². The lowest BCUT2D eigenvalue weighted by molar-refractivity contribution is -0.157. The van der Waals surface area contributed by atoms with Gasteiger partial charge in [0.05, 0.1) is 17.4 Å². The van der Waals surface area contributed by atoms with E-state index in [1.54, 1.807) is 7.05 Å². The van der Waals surface area contributed by atoms with E-state index in [1.165, 1.54) is 47.1 Å². The largest absolute Gasteiger partial charge is 0.478 e. The number of aryl methyl sites for hydroxylation is 1. The zero-order chi connectivity index (χ0) is 34.2. The molecular weight excluding hydrogens is 677 g/mol. The number of sulfonamides is 1. The van der Waals surface area contributed by atoms with Crippen molar-refractivity contribution in [2.45, 2.75) is 22.6 Å². The molecule has 20 heteroatoms. The van der Waals surface area contributed by atoms with Gasteiger partial charge in [-0.25, -0.2) is 22.7 Å². The minimum absolute atomic E-state index is 0.0785. The van der Waals surface area contributed by atoms with Crippen LogP contribution in [-0.2, 0) is 31.5 Å². The molecule has 3 amide bonds. The molecule has 3 atom stereocenters. The number of tetrazole rings is 1. The number of hydrogen-bond donors (Lipinski definition) is 4. The number of hydrogen-bond acceptors (Lipinski definition) is 13. The molecule has 1 saturated heterocycles. The molecule has 2 aromatic carbocycles. The highest BCUT2D eigenvalue weighted by Crippen LogP contribution is 2.44. The summed E-state index contributed by atoms with van der Waals surface area (Å²) in [6.07, 6.45) is 0.928. The number of thioether (sulfide) groups is 2. The first-order valence-corrected chi connectivity index (χ1v) is 17.4. The van der Waals surface area contributed by atoms with Crippen LogP contribution in [0.25, 0.3) is 0 Å².